The van der Waals surface area contributed by atoms with E-state index in [-0.39, 0.29) is 11.5 Å². The minimum Gasteiger partial charge on any atom is -0.507 e. The summed E-state index contributed by atoms with van der Waals surface area (Å²) in [5, 5.41) is 10.1. The summed E-state index contributed by atoms with van der Waals surface area (Å²) < 4.78 is 5.64. The SMILES string of the molecule is CC(=O)C=C(O)c1ccc(OCc2ccccc2)c(Cl)c1. The first-order chi connectivity index (χ1) is 10.1. The fourth-order valence-corrected chi connectivity index (χ4v) is 2.02. The lowest BCUT2D eigenvalue weighted by Gasteiger charge is -2.09. The smallest absolute Gasteiger partial charge is 0.156 e. The van der Waals surface area contributed by atoms with Crippen LogP contribution in [0.4, 0.5) is 0 Å². The second-order valence-electron chi connectivity index (χ2n) is 4.56. The lowest BCUT2D eigenvalue weighted by molar-refractivity contribution is -0.112. The molecular formula is C17H15ClO3. The van der Waals surface area contributed by atoms with Gasteiger partial charge in [0.1, 0.15) is 18.1 Å². The van der Waals surface area contributed by atoms with Crippen LogP contribution in [0.1, 0.15) is 18.1 Å². The molecule has 0 atom stereocenters. The lowest BCUT2D eigenvalue weighted by Crippen LogP contribution is -1.96. The van der Waals surface area contributed by atoms with Crippen LogP contribution in [0.25, 0.3) is 5.76 Å². The number of carbonyl (C=O) groups is 1. The van der Waals surface area contributed by atoms with Gasteiger partial charge in [0.15, 0.2) is 5.78 Å². The van der Waals surface area contributed by atoms with Crippen LogP contribution in [-0.2, 0) is 11.4 Å². The molecule has 0 aliphatic carbocycles. The van der Waals surface area contributed by atoms with Crippen LogP contribution in [0.2, 0.25) is 5.02 Å². The summed E-state index contributed by atoms with van der Waals surface area (Å²) in [5.74, 6) is 0.187. The van der Waals surface area contributed by atoms with Crippen LogP contribution in [0.15, 0.2) is 54.6 Å². The number of hydrogen-bond donors (Lipinski definition) is 1. The van der Waals surface area contributed by atoms with Gasteiger partial charge in [-0.25, -0.2) is 0 Å². The molecule has 2 aromatic rings. The maximum Gasteiger partial charge on any atom is 0.156 e. The molecule has 0 saturated carbocycles. The van der Waals surface area contributed by atoms with Crippen molar-refractivity contribution in [3.8, 4) is 5.75 Å². The van der Waals surface area contributed by atoms with E-state index in [1.54, 1.807) is 18.2 Å². The molecule has 0 spiro atoms. The van der Waals surface area contributed by atoms with Crippen molar-refractivity contribution in [3.05, 3.63) is 70.8 Å². The molecule has 0 saturated heterocycles. The number of rotatable bonds is 5. The van der Waals surface area contributed by atoms with E-state index >= 15 is 0 Å². The first-order valence-corrected chi connectivity index (χ1v) is 6.82. The minimum atomic E-state index is -0.229. The fourth-order valence-electron chi connectivity index (χ4n) is 1.79. The molecule has 21 heavy (non-hydrogen) atoms. The molecule has 0 aliphatic rings. The molecule has 0 unspecified atom stereocenters. The highest BCUT2D eigenvalue weighted by atomic mass is 35.5. The van der Waals surface area contributed by atoms with Gasteiger partial charge in [0.25, 0.3) is 0 Å². The summed E-state index contributed by atoms with van der Waals surface area (Å²) in [4.78, 5) is 10.9. The molecule has 108 valence electrons. The quantitative estimate of drug-likeness (QED) is 0.657. The molecule has 0 aliphatic heterocycles. The van der Waals surface area contributed by atoms with Gasteiger partial charge < -0.3 is 9.84 Å². The second kappa shape index (κ2) is 6.95. The molecule has 0 aromatic heterocycles. The molecule has 3 nitrogen and oxygen atoms in total. The van der Waals surface area contributed by atoms with Crippen molar-refractivity contribution in [1.82, 2.24) is 0 Å². The maximum absolute atomic E-state index is 10.9. The van der Waals surface area contributed by atoms with Gasteiger partial charge in [0.2, 0.25) is 0 Å². The minimum absolute atomic E-state index is 0.112. The van der Waals surface area contributed by atoms with Crippen molar-refractivity contribution in [2.24, 2.45) is 0 Å². The van der Waals surface area contributed by atoms with Gasteiger partial charge in [-0.15, -0.1) is 0 Å². The third-order valence-corrected chi connectivity index (χ3v) is 3.10. The lowest BCUT2D eigenvalue weighted by atomic mass is 10.1. The van der Waals surface area contributed by atoms with Gasteiger partial charge >= 0.3 is 0 Å². The van der Waals surface area contributed by atoms with Crippen molar-refractivity contribution < 1.29 is 14.6 Å². The average Bonchev–Trinajstić information content (AvgIpc) is 2.46. The number of ketones is 1. The first-order valence-electron chi connectivity index (χ1n) is 6.44. The van der Waals surface area contributed by atoms with Crippen LogP contribution in [0.5, 0.6) is 5.75 Å². The molecule has 0 radical (unpaired) electrons. The molecule has 0 fully saturated rings. The Hall–Kier alpha value is -2.26. The molecule has 2 aromatic carbocycles. The van der Waals surface area contributed by atoms with Gasteiger partial charge in [0.05, 0.1) is 5.02 Å². The normalized spacial score (nSPS) is 11.2. The summed E-state index contributed by atoms with van der Waals surface area (Å²) >= 11 is 6.13. The van der Waals surface area contributed by atoms with Gasteiger partial charge in [-0.3, -0.25) is 4.79 Å². The summed E-state index contributed by atoms with van der Waals surface area (Å²) in [6.45, 7) is 1.78. The van der Waals surface area contributed by atoms with Crippen molar-refractivity contribution in [2.45, 2.75) is 13.5 Å². The van der Waals surface area contributed by atoms with Gasteiger partial charge in [0, 0.05) is 11.6 Å². The molecule has 2 rings (SSSR count). The molecule has 4 heteroatoms. The van der Waals surface area contributed by atoms with E-state index < -0.39 is 0 Å². The Balaban J connectivity index is 2.11. The van der Waals surface area contributed by atoms with E-state index in [2.05, 4.69) is 0 Å². The Bertz CT molecular complexity index is 663. The Kier molecular flexibility index (Phi) is 5.01. The number of aliphatic hydroxyl groups is 1. The van der Waals surface area contributed by atoms with Crippen LogP contribution in [-0.4, -0.2) is 10.9 Å². The monoisotopic (exact) mass is 302 g/mol. The van der Waals surface area contributed by atoms with Crippen molar-refractivity contribution in [3.63, 3.8) is 0 Å². The number of hydrogen-bond acceptors (Lipinski definition) is 3. The largest absolute Gasteiger partial charge is 0.507 e. The van der Waals surface area contributed by atoms with Crippen LogP contribution in [0.3, 0.4) is 0 Å². The van der Waals surface area contributed by atoms with Gasteiger partial charge in [-0.05, 0) is 30.7 Å². The highest BCUT2D eigenvalue weighted by molar-refractivity contribution is 6.32. The van der Waals surface area contributed by atoms with E-state index in [1.807, 2.05) is 30.3 Å². The first kappa shape index (κ1) is 15.1. The maximum atomic E-state index is 10.9. The molecule has 0 amide bonds. The zero-order chi connectivity index (χ0) is 15.2. The summed E-state index contributed by atoms with van der Waals surface area (Å²) in [6, 6.07) is 14.6. The van der Waals surface area contributed by atoms with E-state index in [1.165, 1.54) is 6.92 Å². The third-order valence-electron chi connectivity index (χ3n) is 2.80. The second-order valence-corrected chi connectivity index (χ2v) is 4.97. The molecular weight excluding hydrogens is 288 g/mol. The van der Waals surface area contributed by atoms with E-state index in [0.717, 1.165) is 11.6 Å². The van der Waals surface area contributed by atoms with E-state index in [0.29, 0.717) is 22.9 Å². The zero-order valence-electron chi connectivity index (χ0n) is 11.5. The summed E-state index contributed by atoms with van der Waals surface area (Å²) in [5.41, 5.74) is 1.51. The summed E-state index contributed by atoms with van der Waals surface area (Å²) in [6.07, 6.45) is 1.15. The molecule has 0 bridgehead atoms. The number of aliphatic hydroxyl groups excluding tert-OH is 1. The van der Waals surface area contributed by atoms with Crippen molar-refractivity contribution in [2.75, 3.05) is 0 Å². The molecule has 1 N–H and O–H groups in total. The topological polar surface area (TPSA) is 46.5 Å². The average molecular weight is 303 g/mol. The fraction of sp³-hybridized carbons (Fsp3) is 0.118. The zero-order valence-corrected chi connectivity index (χ0v) is 12.3. The Labute approximate surface area is 128 Å². The predicted octanol–water partition coefficient (Wildman–Crippen LogP) is 4.41. The highest BCUT2D eigenvalue weighted by Crippen LogP contribution is 2.28. The Morgan fingerprint density at radius 2 is 1.95 bits per heavy atom. The third kappa shape index (κ3) is 4.36. The van der Waals surface area contributed by atoms with Crippen LogP contribution < -0.4 is 4.74 Å². The van der Waals surface area contributed by atoms with Crippen molar-refractivity contribution in [1.29, 1.82) is 0 Å². The Morgan fingerprint density at radius 1 is 1.24 bits per heavy atom. The predicted molar refractivity (Wildman–Crippen MR) is 83.5 cm³/mol. The number of allylic oxidation sites excluding steroid dienone is 1. The van der Waals surface area contributed by atoms with Crippen molar-refractivity contribution >= 4 is 23.1 Å². The summed E-state index contributed by atoms with van der Waals surface area (Å²) in [7, 11) is 0. The van der Waals surface area contributed by atoms with Crippen LogP contribution >= 0.6 is 11.6 Å². The number of halogens is 1. The number of benzene rings is 2. The molecule has 0 heterocycles. The standard InChI is InChI=1S/C17H15ClO3/c1-12(19)9-16(20)14-7-8-17(15(18)10-14)21-11-13-5-3-2-4-6-13/h2-10,20H,11H2,1H3. The van der Waals surface area contributed by atoms with Gasteiger partial charge in [-0.2, -0.15) is 0 Å². The number of ether oxygens (including phenoxy) is 1. The number of carbonyl (C=O) groups excluding carboxylic acids is 1. The van der Waals surface area contributed by atoms with E-state index in [9.17, 15) is 9.90 Å². The Morgan fingerprint density at radius 3 is 2.57 bits per heavy atom. The van der Waals surface area contributed by atoms with Crippen LogP contribution in [0, 0.1) is 0 Å². The van der Waals surface area contributed by atoms with Gasteiger partial charge in [-0.1, -0.05) is 41.9 Å². The highest BCUT2D eigenvalue weighted by Gasteiger charge is 2.07. The van der Waals surface area contributed by atoms with E-state index in [4.69, 9.17) is 16.3 Å².